The maximum atomic E-state index is 13.3. The third kappa shape index (κ3) is 9.60. The number of hydrogen-bond donors (Lipinski definition) is 5. The lowest BCUT2D eigenvalue weighted by atomic mass is 10.1. The number of amides is 2. The van der Waals surface area contributed by atoms with Crippen LogP contribution in [0, 0.1) is 0 Å². The van der Waals surface area contributed by atoms with Gasteiger partial charge in [0.2, 0.25) is 21.8 Å². The predicted octanol–water partition coefficient (Wildman–Crippen LogP) is 0.805. The fourth-order valence-electron chi connectivity index (χ4n) is 3.98. The molecule has 0 saturated carbocycles. The molecule has 2 amide bonds. The second kappa shape index (κ2) is 15.4. The zero-order chi connectivity index (χ0) is 30.7. The van der Waals surface area contributed by atoms with Crippen LogP contribution in [0.4, 0.5) is 0 Å². The summed E-state index contributed by atoms with van der Waals surface area (Å²) in [7, 11) is -2.87. The van der Waals surface area contributed by atoms with E-state index in [-0.39, 0.29) is 25.1 Å². The van der Waals surface area contributed by atoms with Gasteiger partial charge in [-0.15, -0.1) is 0 Å². The van der Waals surface area contributed by atoms with Crippen LogP contribution in [0.15, 0.2) is 66.9 Å². The topological polar surface area (TPSA) is 190 Å². The fraction of sp³-hybridized carbons (Fsp3) is 0.286. The molecule has 1 heterocycles. The molecule has 3 rings (SSSR count). The molecule has 12 nitrogen and oxygen atoms in total. The number of sulfonamides is 1. The molecule has 42 heavy (non-hydrogen) atoms. The summed E-state index contributed by atoms with van der Waals surface area (Å²) < 4.78 is 33.1. The standard InChI is InChI=1S/C28H32ClN5O7S/c1-41-28(38)19-7-5-18(6-8-19)17-42(39,40)34-24(13-23-4-2-3-11-31-23)27(37)33-25(16-35)26(36)32-15-21-12-22(29)10-9-20(21)14-30/h2-12,24-25,34-35H,13-17,30H2,1H3,(H,32,36)(H,33,37)/t24?,25-/m0/s1. The molecule has 0 aliphatic rings. The van der Waals surface area contributed by atoms with E-state index in [1.165, 1.54) is 37.6 Å². The van der Waals surface area contributed by atoms with Crippen molar-refractivity contribution in [2.45, 2.75) is 37.3 Å². The summed E-state index contributed by atoms with van der Waals surface area (Å²) in [6.45, 7) is -0.489. The number of halogens is 1. The van der Waals surface area contributed by atoms with E-state index in [2.05, 4.69) is 25.1 Å². The number of hydrogen-bond acceptors (Lipinski definition) is 9. The highest BCUT2D eigenvalue weighted by Gasteiger charge is 2.29. The average molecular weight is 618 g/mol. The molecule has 0 spiro atoms. The molecule has 0 saturated heterocycles. The fourth-order valence-corrected chi connectivity index (χ4v) is 5.51. The molecule has 0 radical (unpaired) electrons. The molecule has 224 valence electrons. The SMILES string of the molecule is COC(=O)c1ccc(CS(=O)(=O)NC(Cc2ccccn2)C(=O)N[C@@H](CO)C(=O)NCc2cc(Cl)ccc2CN)cc1. The number of aliphatic hydroxyl groups is 1. The van der Waals surface area contributed by atoms with Crippen LogP contribution in [0.5, 0.6) is 0 Å². The molecule has 0 fully saturated rings. The minimum absolute atomic E-state index is 0.0387. The van der Waals surface area contributed by atoms with Gasteiger partial charge in [0, 0.05) is 36.4 Å². The van der Waals surface area contributed by atoms with Gasteiger partial charge in [-0.25, -0.2) is 17.9 Å². The van der Waals surface area contributed by atoms with Gasteiger partial charge in [0.1, 0.15) is 12.1 Å². The van der Waals surface area contributed by atoms with Crippen molar-refractivity contribution in [3.05, 3.63) is 99.8 Å². The first-order valence-corrected chi connectivity index (χ1v) is 14.8. The molecule has 6 N–H and O–H groups in total. The van der Waals surface area contributed by atoms with Crippen LogP contribution in [0.1, 0.15) is 32.7 Å². The van der Waals surface area contributed by atoms with Gasteiger partial charge < -0.3 is 26.2 Å². The Morgan fingerprint density at radius 3 is 2.38 bits per heavy atom. The van der Waals surface area contributed by atoms with Crippen LogP contribution < -0.4 is 21.1 Å². The average Bonchev–Trinajstić information content (AvgIpc) is 2.98. The summed E-state index contributed by atoms with van der Waals surface area (Å²) in [4.78, 5) is 41.9. The highest BCUT2D eigenvalue weighted by molar-refractivity contribution is 7.88. The van der Waals surface area contributed by atoms with Crippen molar-refractivity contribution in [3.8, 4) is 0 Å². The van der Waals surface area contributed by atoms with Crippen molar-refractivity contribution in [2.75, 3.05) is 13.7 Å². The minimum atomic E-state index is -4.10. The molecular weight excluding hydrogens is 586 g/mol. The molecular formula is C28H32ClN5O7S. The number of nitrogens with two attached hydrogens (primary N) is 1. The molecule has 3 aromatic rings. The van der Waals surface area contributed by atoms with Crippen LogP contribution in [0.2, 0.25) is 5.02 Å². The van der Waals surface area contributed by atoms with Gasteiger partial charge in [-0.2, -0.15) is 0 Å². The smallest absolute Gasteiger partial charge is 0.337 e. The Bertz CT molecular complexity index is 1490. The molecule has 1 unspecified atom stereocenters. The predicted molar refractivity (Wildman–Crippen MR) is 155 cm³/mol. The zero-order valence-corrected chi connectivity index (χ0v) is 24.3. The van der Waals surface area contributed by atoms with Crippen molar-refractivity contribution < 1.29 is 32.6 Å². The Morgan fingerprint density at radius 2 is 1.76 bits per heavy atom. The van der Waals surface area contributed by atoms with Crippen molar-refractivity contribution in [1.82, 2.24) is 20.3 Å². The number of pyridine rings is 1. The minimum Gasteiger partial charge on any atom is -0.465 e. The Kier molecular flexibility index (Phi) is 11.9. The maximum Gasteiger partial charge on any atom is 0.337 e. The van der Waals surface area contributed by atoms with Gasteiger partial charge >= 0.3 is 5.97 Å². The quantitative estimate of drug-likeness (QED) is 0.163. The second-order valence-corrected chi connectivity index (χ2v) is 11.4. The van der Waals surface area contributed by atoms with E-state index in [0.29, 0.717) is 21.8 Å². The van der Waals surface area contributed by atoms with E-state index in [0.717, 1.165) is 5.56 Å². The number of aromatic nitrogens is 1. The first kappa shape index (κ1) is 32.6. The number of nitrogens with zero attached hydrogens (tertiary/aromatic N) is 1. The second-order valence-electron chi connectivity index (χ2n) is 9.22. The number of nitrogens with one attached hydrogen (secondary N) is 3. The summed E-state index contributed by atoms with van der Waals surface area (Å²) in [6.07, 6.45) is 1.37. The number of rotatable bonds is 14. The summed E-state index contributed by atoms with van der Waals surface area (Å²) in [5, 5.41) is 15.4. The highest BCUT2D eigenvalue weighted by atomic mass is 35.5. The Labute approximate surface area is 248 Å². The van der Waals surface area contributed by atoms with Gasteiger partial charge in [0.15, 0.2) is 0 Å². The lowest BCUT2D eigenvalue weighted by molar-refractivity contribution is -0.130. The normalized spacial score (nSPS) is 12.7. The lowest BCUT2D eigenvalue weighted by Gasteiger charge is -2.22. The maximum absolute atomic E-state index is 13.3. The number of aliphatic hydroxyl groups excluding tert-OH is 1. The number of ether oxygens (including phenoxy) is 1. The Morgan fingerprint density at radius 1 is 1.02 bits per heavy atom. The first-order chi connectivity index (χ1) is 20.0. The lowest BCUT2D eigenvalue weighted by Crippen LogP contribution is -2.55. The van der Waals surface area contributed by atoms with Gasteiger partial charge in [0.05, 0.1) is 25.0 Å². The van der Waals surface area contributed by atoms with E-state index in [9.17, 15) is 27.9 Å². The van der Waals surface area contributed by atoms with E-state index in [1.807, 2.05) is 0 Å². The molecule has 14 heteroatoms. The molecule has 0 bridgehead atoms. The van der Waals surface area contributed by atoms with Crippen LogP contribution in [0.25, 0.3) is 0 Å². The monoisotopic (exact) mass is 617 g/mol. The number of benzene rings is 2. The van der Waals surface area contributed by atoms with Crippen molar-refractivity contribution in [2.24, 2.45) is 5.73 Å². The van der Waals surface area contributed by atoms with E-state index >= 15 is 0 Å². The first-order valence-electron chi connectivity index (χ1n) is 12.8. The van der Waals surface area contributed by atoms with Crippen LogP contribution in [-0.4, -0.2) is 62.1 Å². The molecule has 2 aromatic carbocycles. The van der Waals surface area contributed by atoms with E-state index < -0.39 is 52.3 Å². The summed E-state index contributed by atoms with van der Waals surface area (Å²) >= 11 is 6.05. The van der Waals surface area contributed by atoms with Crippen LogP contribution >= 0.6 is 11.6 Å². The van der Waals surface area contributed by atoms with Crippen molar-refractivity contribution >= 4 is 39.4 Å². The third-order valence-electron chi connectivity index (χ3n) is 6.17. The molecule has 2 atom stereocenters. The number of carbonyl (C=O) groups is 3. The summed E-state index contributed by atoms with van der Waals surface area (Å²) in [6, 6.07) is 13.1. The zero-order valence-electron chi connectivity index (χ0n) is 22.7. The number of methoxy groups -OCH3 is 1. The van der Waals surface area contributed by atoms with Gasteiger partial charge in [-0.3, -0.25) is 14.6 Å². The highest BCUT2D eigenvalue weighted by Crippen LogP contribution is 2.16. The van der Waals surface area contributed by atoms with Crippen LogP contribution in [-0.2, 0) is 49.6 Å². The Hall–Kier alpha value is -3.88. The molecule has 1 aromatic heterocycles. The largest absolute Gasteiger partial charge is 0.465 e. The number of esters is 1. The van der Waals surface area contributed by atoms with Gasteiger partial charge in [0.25, 0.3) is 0 Å². The Balaban J connectivity index is 1.73. The number of carbonyl (C=O) groups excluding carboxylic acids is 3. The van der Waals surface area contributed by atoms with Crippen molar-refractivity contribution in [3.63, 3.8) is 0 Å². The molecule has 0 aliphatic heterocycles. The van der Waals surface area contributed by atoms with E-state index in [1.54, 1.807) is 36.4 Å². The van der Waals surface area contributed by atoms with Gasteiger partial charge in [-0.05, 0) is 53.1 Å². The van der Waals surface area contributed by atoms with Crippen LogP contribution in [0.3, 0.4) is 0 Å². The third-order valence-corrected chi connectivity index (χ3v) is 7.76. The summed E-state index contributed by atoms with van der Waals surface area (Å²) in [5.74, 6) is -2.60. The van der Waals surface area contributed by atoms with Crippen molar-refractivity contribution in [1.29, 1.82) is 0 Å². The van der Waals surface area contributed by atoms with Gasteiger partial charge in [-0.1, -0.05) is 35.9 Å². The summed E-state index contributed by atoms with van der Waals surface area (Å²) in [5.41, 5.74) is 8.20. The van der Waals surface area contributed by atoms with E-state index in [4.69, 9.17) is 17.3 Å². The molecule has 0 aliphatic carbocycles.